The van der Waals surface area contributed by atoms with Gasteiger partial charge in [0, 0.05) is 41.6 Å². The number of rotatable bonds is 6. The molecule has 0 amide bonds. The average Bonchev–Trinajstić information content (AvgIpc) is 3.43. The lowest BCUT2D eigenvalue weighted by Gasteiger charge is -2.08. The number of pyridine rings is 1. The summed E-state index contributed by atoms with van der Waals surface area (Å²) in [5, 5.41) is 0.967. The summed E-state index contributed by atoms with van der Waals surface area (Å²) in [5.41, 5.74) is 9.90. The average molecular weight is 374 g/mol. The molecule has 3 heterocycles. The van der Waals surface area contributed by atoms with Crippen molar-refractivity contribution in [1.29, 1.82) is 0 Å². The molecule has 0 aliphatic heterocycles. The van der Waals surface area contributed by atoms with E-state index in [2.05, 4.69) is 16.0 Å². The van der Waals surface area contributed by atoms with Crippen LogP contribution in [0.1, 0.15) is 24.3 Å². The van der Waals surface area contributed by atoms with Crippen LogP contribution in [0.4, 0.5) is 5.69 Å². The number of hydrogen-bond donors (Lipinski definition) is 1. The topological polar surface area (TPSA) is 97.0 Å². The largest absolute Gasteiger partial charge is 0.611 e. The number of ether oxygens (including phenoxy) is 1. The number of fused-ring (bicyclic) bond motifs is 1. The zero-order valence-corrected chi connectivity index (χ0v) is 15.4. The van der Waals surface area contributed by atoms with Gasteiger partial charge in [0.2, 0.25) is 4.21 Å². The molecular weight excluding hydrogens is 356 g/mol. The van der Waals surface area contributed by atoms with E-state index in [1.165, 1.54) is 23.2 Å². The van der Waals surface area contributed by atoms with Gasteiger partial charge in [-0.3, -0.25) is 0 Å². The van der Waals surface area contributed by atoms with Gasteiger partial charge >= 0.3 is 0 Å². The van der Waals surface area contributed by atoms with Crippen LogP contribution in [0.2, 0.25) is 0 Å². The minimum Gasteiger partial charge on any atom is -0.611 e. The zero-order valence-electron chi connectivity index (χ0n) is 13.8. The Balaban J connectivity index is 1.84. The van der Waals surface area contributed by atoms with Gasteiger partial charge in [-0.15, -0.1) is 0 Å². The number of nitrogens with two attached hydrogens (primary N) is 1. The second kappa shape index (κ2) is 6.87. The molecule has 25 heavy (non-hydrogen) atoms. The highest BCUT2D eigenvalue weighted by molar-refractivity contribution is 7.93. The van der Waals surface area contributed by atoms with Crippen LogP contribution >= 0.6 is 11.3 Å². The molecule has 3 aromatic heterocycles. The second-order valence-electron chi connectivity index (χ2n) is 6.02. The molecule has 8 heteroatoms. The first-order chi connectivity index (χ1) is 12.2. The number of aromatic nitrogens is 3. The standard InChI is InChI=1S/C17H18N4O2S2/c1-23-4-5-25(22)17-15(18)14-12(10-2-3-10)6-13(21-16(14)24-17)11-7-19-9-20-8-11/h6-10H,2-5,18H2,1H3/t25-/m1/s1. The van der Waals surface area contributed by atoms with Gasteiger partial charge in [0.1, 0.15) is 22.6 Å². The molecular formula is C17H18N4O2S2. The summed E-state index contributed by atoms with van der Waals surface area (Å²) in [4.78, 5) is 13.8. The lowest BCUT2D eigenvalue weighted by atomic mass is 10.0. The Hall–Kier alpha value is -1.74. The predicted octanol–water partition coefficient (Wildman–Crippen LogP) is 2.97. The molecule has 2 N–H and O–H groups in total. The molecule has 0 radical (unpaired) electrons. The summed E-state index contributed by atoms with van der Waals surface area (Å²) in [5.74, 6) is 0.942. The first kappa shape index (κ1) is 16.7. The van der Waals surface area contributed by atoms with Crippen molar-refractivity contribution < 1.29 is 9.29 Å². The number of anilines is 1. The highest BCUT2D eigenvalue weighted by atomic mass is 32.2. The molecule has 130 valence electrons. The van der Waals surface area contributed by atoms with Crippen LogP contribution in [-0.2, 0) is 15.9 Å². The van der Waals surface area contributed by atoms with Crippen LogP contribution in [0.3, 0.4) is 0 Å². The number of nitrogen functional groups attached to an aromatic ring is 1. The molecule has 1 aliphatic carbocycles. The van der Waals surface area contributed by atoms with Crippen molar-refractivity contribution in [1.82, 2.24) is 15.0 Å². The molecule has 1 atom stereocenters. The van der Waals surface area contributed by atoms with E-state index in [0.29, 0.717) is 28.2 Å². The van der Waals surface area contributed by atoms with E-state index in [-0.39, 0.29) is 0 Å². The molecule has 0 aromatic carbocycles. The van der Waals surface area contributed by atoms with Gasteiger partial charge in [-0.2, -0.15) is 0 Å². The third-order valence-corrected chi connectivity index (χ3v) is 7.12. The molecule has 1 saturated carbocycles. The van der Waals surface area contributed by atoms with E-state index in [9.17, 15) is 4.55 Å². The van der Waals surface area contributed by atoms with Crippen LogP contribution in [-0.4, -0.2) is 39.0 Å². The molecule has 1 fully saturated rings. The summed E-state index contributed by atoms with van der Waals surface area (Å²) in [7, 11) is 1.60. The van der Waals surface area contributed by atoms with E-state index < -0.39 is 11.2 Å². The molecule has 0 spiro atoms. The molecule has 4 rings (SSSR count). The summed E-state index contributed by atoms with van der Waals surface area (Å²) >= 11 is 0.242. The Labute approximate surface area is 152 Å². The molecule has 3 aromatic rings. The highest BCUT2D eigenvalue weighted by Gasteiger charge is 2.31. The van der Waals surface area contributed by atoms with Crippen molar-refractivity contribution in [3.63, 3.8) is 0 Å². The van der Waals surface area contributed by atoms with Gasteiger partial charge in [-0.05, 0) is 30.4 Å². The maximum atomic E-state index is 12.6. The van der Waals surface area contributed by atoms with Crippen LogP contribution in [0.15, 0.2) is 29.0 Å². The lowest BCUT2D eigenvalue weighted by Crippen LogP contribution is -2.11. The predicted molar refractivity (Wildman–Crippen MR) is 100 cm³/mol. The molecule has 0 bridgehead atoms. The summed E-state index contributed by atoms with van der Waals surface area (Å²) in [6, 6.07) is 2.09. The fraction of sp³-hybridized carbons (Fsp3) is 0.353. The third-order valence-electron chi connectivity index (χ3n) is 4.25. The Morgan fingerprint density at radius 2 is 2.12 bits per heavy atom. The van der Waals surface area contributed by atoms with E-state index in [1.54, 1.807) is 19.5 Å². The Bertz CT molecular complexity index is 897. The van der Waals surface area contributed by atoms with Crippen LogP contribution in [0.25, 0.3) is 21.5 Å². The van der Waals surface area contributed by atoms with Gasteiger partial charge in [-0.1, -0.05) is 11.3 Å². The van der Waals surface area contributed by atoms with E-state index in [1.807, 2.05) is 0 Å². The van der Waals surface area contributed by atoms with Crippen molar-refractivity contribution in [3.05, 3.63) is 30.4 Å². The van der Waals surface area contributed by atoms with E-state index in [4.69, 9.17) is 15.5 Å². The van der Waals surface area contributed by atoms with E-state index in [0.717, 1.165) is 34.3 Å². The summed E-state index contributed by atoms with van der Waals surface area (Å²) < 4.78 is 18.3. The monoisotopic (exact) mass is 374 g/mol. The first-order valence-electron chi connectivity index (χ1n) is 8.04. The molecule has 0 saturated heterocycles. The number of nitrogens with zero attached hydrogens (tertiary/aromatic N) is 3. The fourth-order valence-electron chi connectivity index (χ4n) is 2.85. The zero-order chi connectivity index (χ0) is 17.4. The maximum absolute atomic E-state index is 12.6. The van der Waals surface area contributed by atoms with Crippen molar-refractivity contribution in [2.24, 2.45) is 0 Å². The smallest absolute Gasteiger partial charge is 0.232 e. The maximum Gasteiger partial charge on any atom is 0.232 e. The summed E-state index contributed by atoms with van der Waals surface area (Å²) in [6.45, 7) is 0.440. The van der Waals surface area contributed by atoms with Crippen molar-refractivity contribution >= 4 is 38.4 Å². The second-order valence-corrected chi connectivity index (χ2v) is 8.79. The molecule has 1 aliphatic rings. The minimum atomic E-state index is -1.18. The van der Waals surface area contributed by atoms with Gasteiger partial charge in [0.25, 0.3) is 0 Å². The minimum absolute atomic E-state index is 0.436. The van der Waals surface area contributed by atoms with Crippen LogP contribution in [0, 0.1) is 0 Å². The van der Waals surface area contributed by atoms with Crippen LogP contribution < -0.4 is 5.73 Å². The normalized spacial score (nSPS) is 15.6. The van der Waals surface area contributed by atoms with Crippen molar-refractivity contribution in [3.8, 4) is 11.3 Å². The summed E-state index contributed by atoms with van der Waals surface area (Å²) in [6.07, 6.45) is 7.32. The van der Waals surface area contributed by atoms with Gasteiger partial charge in [0.15, 0.2) is 0 Å². The first-order valence-corrected chi connectivity index (χ1v) is 10.2. The lowest BCUT2D eigenvalue weighted by molar-refractivity contribution is 0.217. The number of hydrogen-bond acceptors (Lipinski definition) is 7. The Morgan fingerprint density at radius 3 is 2.80 bits per heavy atom. The van der Waals surface area contributed by atoms with Gasteiger partial charge < -0.3 is 15.0 Å². The van der Waals surface area contributed by atoms with Gasteiger partial charge in [-0.25, -0.2) is 15.0 Å². The quantitative estimate of drug-likeness (QED) is 0.666. The van der Waals surface area contributed by atoms with Crippen LogP contribution in [0.5, 0.6) is 0 Å². The number of thiophene rings is 1. The fourth-order valence-corrected chi connectivity index (χ4v) is 5.42. The molecule has 6 nitrogen and oxygen atoms in total. The van der Waals surface area contributed by atoms with E-state index >= 15 is 0 Å². The molecule has 0 unspecified atom stereocenters. The van der Waals surface area contributed by atoms with Gasteiger partial charge in [0.05, 0.1) is 12.3 Å². The Kier molecular flexibility index (Phi) is 4.60. The third kappa shape index (κ3) is 3.22. The SMILES string of the molecule is COCC[S@@+]([O-])c1sc2nc(-c3cncnc3)cc(C3CC3)c2c1N. The van der Waals surface area contributed by atoms with Crippen molar-refractivity contribution in [2.75, 3.05) is 25.2 Å². The Morgan fingerprint density at radius 1 is 1.36 bits per heavy atom. The number of methoxy groups -OCH3 is 1. The van der Waals surface area contributed by atoms with Crippen molar-refractivity contribution in [2.45, 2.75) is 23.0 Å². The highest BCUT2D eigenvalue weighted by Crippen LogP contribution is 2.48.